The predicted molar refractivity (Wildman–Crippen MR) is 103 cm³/mol. The van der Waals surface area contributed by atoms with Crippen molar-refractivity contribution >= 4 is 20.0 Å². The van der Waals surface area contributed by atoms with Gasteiger partial charge in [-0.05, 0) is 37.1 Å². The zero-order chi connectivity index (χ0) is 19.3. The SMILES string of the molecule is CCOC(=O)c1nc(N2CCC3(CC2)CC3[Si](C)(C)C)n(C)c(=O)c1O. The topological polar surface area (TPSA) is 84.7 Å². The fraction of sp³-hybridized carbons (Fsp3) is 0.722. The summed E-state index contributed by atoms with van der Waals surface area (Å²) in [5, 5.41) is 10.0. The number of aromatic nitrogens is 2. The van der Waals surface area contributed by atoms with Gasteiger partial charge in [-0.2, -0.15) is 0 Å². The van der Waals surface area contributed by atoms with Crippen LogP contribution in [0.5, 0.6) is 5.75 Å². The van der Waals surface area contributed by atoms with Gasteiger partial charge >= 0.3 is 5.97 Å². The highest BCUT2D eigenvalue weighted by molar-refractivity contribution is 6.78. The van der Waals surface area contributed by atoms with Crippen molar-refractivity contribution < 1.29 is 14.6 Å². The molecule has 1 atom stereocenters. The summed E-state index contributed by atoms with van der Waals surface area (Å²) in [4.78, 5) is 30.7. The number of hydrogen-bond acceptors (Lipinski definition) is 6. The van der Waals surface area contributed by atoms with E-state index in [-0.39, 0.29) is 12.3 Å². The lowest BCUT2D eigenvalue weighted by Crippen LogP contribution is -2.40. The Kier molecular flexibility index (Phi) is 4.66. The van der Waals surface area contributed by atoms with E-state index < -0.39 is 25.4 Å². The van der Waals surface area contributed by atoms with Crippen LogP contribution in [0.15, 0.2) is 4.79 Å². The van der Waals surface area contributed by atoms with E-state index in [2.05, 4.69) is 29.5 Å². The number of anilines is 1. The van der Waals surface area contributed by atoms with E-state index in [1.807, 2.05) is 0 Å². The molecule has 1 spiro atoms. The third-order valence-corrected chi connectivity index (χ3v) is 8.90. The third-order valence-electron chi connectivity index (χ3n) is 5.99. The molecule has 0 amide bonds. The van der Waals surface area contributed by atoms with Gasteiger partial charge in [0, 0.05) is 28.2 Å². The van der Waals surface area contributed by atoms with Gasteiger partial charge in [-0.25, -0.2) is 9.78 Å². The predicted octanol–water partition coefficient (Wildman–Crippen LogP) is 2.36. The first-order valence-corrected chi connectivity index (χ1v) is 12.9. The summed E-state index contributed by atoms with van der Waals surface area (Å²) >= 11 is 0. The van der Waals surface area contributed by atoms with E-state index >= 15 is 0 Å². The number of nitrogens with zero attached hydrogens (tertiary/aromatic N) is 3. The minimum absolute atomic E-state index is 0.162. The molecule has 1 saturated heterocycles. The number of esters is 1. The molecule has 8 heteroatoms. The Hall–Kier alpha value is -1.83. The van der Waals surface area contributed by atoms with Gasteiger partial charge in [0.2, 0.25) is 11.7 Å². The Bertz CT molecular complexity index is 776. The van der Waals surface area contributed by atoms with E-state index in [9.17, 15) is 14.7 Å². The first-order chi connectivity index (χ1) is 12.1. The summed E-state index contributed by atoms with van der Waals surface area (Å²) in [7, 11) is 0.447. The lowest BCUT2D eigenvalue weighted by Gasteiger charge is -2.35. The van der Waals surface area contributed by atoms with Crippen molar-refractivity contribution in [3.8, 4) is 5.75 Å². The molecule has 1 aliphatic heterocycles. The Labute approximate surface area is 155 Å². The summed E-state index contributed by atoms with van der Waals surface area (Å²) in [5.41, 5.74) is 0.436. The zero-order valence-electron chi connectivity index (χ0n) is 16.3. The summed E-state index contributed by atoms with van der Waals surface area (Å²) in [6.07, 6.45) is 3.51. The molecule has 1 aromatic rings. The number of rotatable bonds is 4. The first-order valence-electron chi connectivity index (χ1n) is 9.33. The molecule has 26 heavy (non-hydrogen) atoms. The average molecular weight is 380 g/mol. The molecule has 1 aromatic heterocycles. The van der Waals surface area contributed by atoms with Crippen molar-refractivity contribution in [2.45, 2.75) is 51.4 Å². The molecule has 2 aliphatic rings. The lowest BCUT2D eigenvalue weighted by molar-refractivity contribution is 0.0515. The average Bonchev–Trinajstić information content (AvgIpc) is 3.28. The van der Waals surface area contributed by atoms with Gasteiger partial charge in [0.05, 0.1) is 6.61 Å². The van der Waals surface area contributed by atoms with Crippen molar-refractivity contribution in [1.82, 2.24) is 9.55 Å². The van der Waals surface area contributed by atoms with Crippen LogP contribution >= 0.6 is 0 Å². The molecule has 0 aromatic carbocycles. The molecule has 0 radical (unpaired) electrons. The number of ether oxygens (including phenoxy) is 1. The molecular formula is C18H29N3O4Si. The van der Waals surface area contributed by atoms with Gasteiger partial charge in [-0.1, -0.05) is 19.6 Å². The molecule has 144 valence electrons. The number of hydrogen-bond donors (Lipinski definition) is 1. The third kappa shape index (κ3) is 3.15. The van der Waals surface area contributed by atoms with Crippen LogP contribution in [0.3, 0.4) is 0 Å². The van der Waals surface area contributed by atoms with Crippen LogP contribution in [-0.2, 0) is 11.8 Å². The lowest BCUT2D eigenvalue weighted by atomic mass is 9.94. The van der Waals surface area contributed by atoms with Crippen molar-refractivity contribution in [2.75, 3.05) is 24.6 Å². The molecule has 0 bridgehead atoms. The van der Waals surface area contributed by atoms with Crippen LogP contribution in [-0.4, -0.2) is 48.4 Å². The Morgan fingerprint density at radius 2 is 1.96 bits per heavy atom. The van der Waals surface area contributed by atoms with Crippen LogP contribution in [0.1, 0.15) is 36.7 Å². The summed E-state index contributed by atoms with van der Waals surface area (Å²) in [6, 6.07) is 0. The van der Waals surface area contributed by atoms with E-state index in [0.29, 0.717) is 11.4 Å². The highest BCUT2D eigenvalue weighted by atomic mass is 28.3. The van der Waals surface area contributed by atoms with E-state index in [0.717, 1.165) is 31.5 Å². The number of aromatic hydroxyl groups is 1. The highest BCUT2D eigenvalue weighted by Gasteiger charge is 2.59. The second-order valence-corrected chi connectivity index (χ2v) is 14.1. The molecule has 1 aliphatic carbocycles. The van der Waals surface area contributed by atoms with E-state index in [4.69, 9.17) is 4.74 Å². The zero-order valence-corrected chi connectivity index (χ0v) is 17.3. The maximum Gasteiger partial charge on any atom is 0.361 e. The van der Waals surface area contributed by atoms with Gasteiger partial charge < -0.3 is 14.7 Å². The number of piperidine rings is 1. The quantitative estimate of drug-likeness (QED) is 0.639. The van der Waals surface area contributed by atoms with Gasteiger partial charge in [0.1, 0.15) is 0 Å². The second-order valence-electron chi connectivity index (χ2n) is 8.67. The fourth-order valence-electron chi connectivity index (χ4n) is 4.48. The van der Waals surface area contributed by atoms with Crippen molar-refractivity contribution in [3.63, 3.8) is 0 Å². The van der Waals surface area contributed by atoms with E-state index in [1.54, 1.807) is 14.0 Å². The molecule has 1 N–H and O–H groups in total. The molecule has 2 heterocycles. The van der Waals surface area contributed by atoms with Crippen molar-refractivity contribution in [1.29, 1.82) is 0 Å². The number of carbonyl (C=O) groups excluding carboxylic acids is 1. The summed E-state index contributed by atoms with van der Waals surface area (Å²) < 4.78 is 6.24. The van der Waals surface area contributed by atoms with Crippen molar-refractivity contribution in [2.24, 2.45) is 12.5 Å². The van der Waals surface area contributed by atoms with Crippen LogP contribution in [0.25, 0.3) is 0 Å². The smallest absolute Gasteiger partial charge is 0.361 e. The maximum absolute atomic E-state index is 12.3. The van der Waals surface area contributed by atoms with Gasteiger partial charge in [-0.15, -0.1) is 0 Å². The minimum Gasteiger partial charge on any atom is -0.501 e. The summed E-state index contributed by atoms with van der Waals surface area (Å²) in [5.74, 6) is -0.988. The molecule has 3 rings (SSSR count). The molecule has 1 saturated carbocycles. The second kappa shape index (κ2) is 6.40. The molecule has 7 nitrogen and oxygen atoms in total. The normalized spacial score (nSPS) is 21.7. The Balaban J connectivity index is 1.83. The molecule has 2 fully saturated rings. The van der Waals surface area contributed by atoms with Crippen LogP contribution in [0, 0.1) is 5.41 Å². The van der Waals surface area contributed by atoms with Crippen LogP contribution in [0.2, 0.25) is 25.2 Å². The maximum atomic E-state index is 12.3. The molecular weight excluding hydrogens is 350 g/mol. The van der Waals surface area contributed by atoms with Crippen molar-refractivity contribution in [3.05, 3.63) is 16.0 Å². The Morgan fingerprint density at radius 1 is 1.35 bits per heavy atom. The largest absolute Gasteiger partial charge is 0.501 e. The van der Waals surface area contributed by atoms with E-state index in [1.165, 1.54) is 11.0 Å². The highest BCUT2D eigenvalue weighted by Crippen LogP contribution is 2.67. The van der Waals surface area contributed by atoms with Crippen LogP contribution < -0.4 is 10.5 Å². The number of carbonyl (C=O) groups is 1. The standard InChI is InChI=1S/C18H29N3O4Si/c1-6-25-16(24)13-14(22)15(23)20(2)17(19-13)21-9-7-18(8-10-21)11-12(18)26(3,4)5/h12,22H,6-11H2,1-5H3. The Morgan fingerprint density at radius 3 is 2.46 bits per heavy atom. The minimum atomic E-state index is -1.13. The monoisotopic (exact) mass is 379 g/mol. The molecule has 1 unspecified atom stereocenters. The van der Waals surface area contributed by atoms with Gasteiger partial charge in [0.15, 0.2) is 5.69 Å². The summed E-state index contributed by atoms with van der Waals surface area (Å²) in [6.45, 7) is 10.8. The fourth-order valence-corrected chi connectivity index (χ4v) is 7.63. The van der Waals surface area contributed by atoms with Gasteiger partial charge in [-0.3, -0.25) is 9.36 Å². The first kappa shape index (κ1) is 18.9. The van der Waals surface area contributed by atoms with Crippen LogP contribution in [0.4, 0.5) is 5.95 Å². The van der Waals surface area contributed by atoms with Gasteiger partial charge in [0.25, 0.3) is 5.56 Å².